The number of benzene rings is 3. The van der Waals surface area contributed by atoms with E-state index >= 15 is 0 Å². The average Bonchev–Trinajstić information content (AvgIpc) is 3.05. The van der Waals surface area contributed by atoms with Crippen LogP contribution in [-0.4, -0.2) is 50.0 Å². The van der Waals surface area contributed by atoms with Gasteiger partial charge in [-0.2, -0.15) is 0 Å². The highest BCUT2D eigenvalue weighted by molar-refractivity contribution is 9.10. The molecule has 0 spiro atoms. The van der Waals surface area contributed by atoms with E-state index in [2.05, 4.69) is 33.4 Å². The highest BCUT2D eigenvalue weighted by Gasteiger charge is 2.51. The summed E-state index contributed by atoms with van der Waals surface area (Å²) in [7, 11) is -3.83. The molecule has 0 heterocycles. The Morgan fingerprint density at radius 2 is 1.46 bits per heavy atom. The number of amides is 2. The first-order valence-corrected chi connectivity index (χ1v) is 20.0. The molecule has 48 heavy (non-hydrogen) atoms. The largest absolute Gasteiger partial charge is 0.352 e. The van der Waals surface area contributed by atoms with Crippen molar-refractivity contribution in [3.63, 3.8) is 0 Å². The maximum atomic E-state index is 14.5. The third-order valence-corrected chi connectivity index (χ3v) is 12.7. The molecule has 0 unspecified atom stereocenters. The van der Waals surface area contributed by atoms with Crippen LogP contribution in [0.15, 0.2) is 83.3 Å². The fourth-order valence-corrected chi connectivity index (χ4v) is 9.95. The summed E-state index contributed by atoms with van der Waals surface area (Å²) >= 11 is 3.48. The van der Waals surface area contributed by atoms with Gasteiger partial charge in [-0.05, 0) is 116 Å². The molecule has 7 nitrogen and oxygen atoms in total. The number of carbonyl (C=O) groups is 2. The van der Waals surface area contributed by atoms with Gasteiger partial charge in [-0.3, -0.25) is 13.9 Å². The highest BCUT2D eigenvalue weighted by atomic mass is 79.9. The van der Waals surface area contributed by atoms with Gasteiger partial charge in [0.2, 0.25) is 21.8 Å². The molecule has 256 valence electrons. The van der Waals surface area contributed by atoms with Gasteiger partial charge in [-0.1, -0.05) is 77.5 Å². The van der Waals surface area contributed by atoms with Crippen LogP contribution in [0.2, 0.25) is 0 Å². The van der Waals surface area contributed by atoms with E-state index in [0.717, 1.165) is 46.0 Å². The molecule has 3 aromatic rings. The van der Waals surface area contributed by atoms with Crippen LogP contribution in [0.3, 0.4) is 0 Å². The van der Waals surface area contributed by atoms with Crippen LogP contribution in [0.1, 0.15) is 75.5 Å². The van der Waals surface area contributed by atoms with Crippen LogP contribution in [-0.2, 0) is 38.0 Å². The number of hydrogen-bond acceptors (Lipinski definition) is 4. The molecule has 4 aliphatic carbocycles. The zero-order valence-corrected chi connectivity index (χ0v) is 30.7. The van der Waals surface area contributed by atoms with Crippen molar-refractivity contribution < 1.29 is 18.0 Å². The van der Waals surface area contributed by atoms with Crippen molar-refractivity contribution in [2.75, 3.05) is 17.1 Å². The number of hydrogen-bond donors (Lipinski definition) is 1. The Labute approximate surface area is 294 Å². The minimum absolute atomic E-state index is 0.0830. The van der Waals surface area contributed by atoms with Gasteiger partial charge in [-0.15, -0.1) is 0 Å². The number of nitrogens with one attached hydrogen (secondary N) is 1. The lowest BCUT2D eigenvalue weighted by molar-refractivity contribution is -0.140. The SMILES string of the molecule is CC[C@H](C)NC(=O)[C@H](Cc1ccccc1)N(Cc1ccc(Br)cc1)C(=O)CN(c1ccc(C23CC4CC(CC(C4)C2)C3)cc1)S(C)(=O)=O. The average molecular weight is 735 g/mol. The fraction of sp³-hybridized carbons (Fsp3) is 0.487. The van der Waals surface area contributed by atoms with E-state index in [4.69, 9.17) is 0 Å². The van der Waals surface area contributed by atoms with E-state index in [1.54, 1.807) is 4.90 Å². The van der Waals surface area contributed by atoms with Gasteiger partial charge in [0.25, 0.3) is 0 Å². The summed E-state index contributed by atoms with van der Waals surface area (Å²) in [4.78, 5) is 29.9. The molecule has 1 N–H and O–H groups in total. The standard InChI is InChI=1S/C39H48BrN3O4S/c1-4-27(2)41-38(45)36(21-28-8-6-5-7-9-28)42(25-29-10-14-34(40)15-11-29)37(44)26-43(48(3,46)47)35-16-12-33(13-17-35)39-22-30-18-31(23-39)20-32(19-30)24-39/h5-17,27,30-32,36H,4,18-26H2,1-3H3,(H,41,45)/t27-,30?,31?,32?,36-,39?/m0/s1. The van der Waals surface area contributed by atoms with Crippen molar-refractivity contribution in [3.8, 4) is 0 Å². The molecule has 9 heteroatoms. The maximum absolute atomic E-state index is 14.5. The lowest BCUT2D eigenvalue weighted by Crippen LogP contribution is -2.54. The van der Waals surface area contributed by atoms with Crippen molar-refractivity contribution in [1.82, 2.24) is 10.2 Å². The predicted octanol–water partition coefficient (Wildman–Crippen LogP) is 7.24. The Kier molecular flexibility index (Phi) is 10.4. The summed E-state index contributed by atoms with van der Waals surface area (Å²) in [6.07, 6.45) is 9.92. The van der Waals surface area contributed by atoms with Crippen molar-refractivity contribution in [2.45, 2.75) is 89.3 Å². The number of sulfonamides is 1. The molecule has 4 bridgehead atoms. The van der Waals surface area contributed by atoms with Crippen LogP contribution in [0.25, 0.3) is 0 Å². The van der Waals surface area contributed by atoms with Crippen LogP contribution >= 0.6 is 15.9 Å². The molecule has 4 fully saturated rings. The molecule has 0 radical (unpaired) electrons. The lowest BCUT2D eigenvalue weighted by Gasteiger charge is -2.57. The van der Waals surface area contributed by atoms with E-state index < -0.39 is 28.5 Å². The van der Waals surface area contributed by atoms with Crippen molar-refractivity contribution >= 4 is 43.5 Å². The van der Waals surface area contributed by atoms with Gasteiger partial charge in [0.05, 0.1) is 11.9 Å². The van der Waals surface area contributed by atoms with Crippen molar-refractivity contribution in [3.05, 3.63) is 100 Å². The normalized spacial score (nSPS) is 24.1. The third-order valence-electron chi connectivity index (χ3n) is 11.0. The Hall–Kier alpha value is -3.17. The van der Waals surface area contributed by atoms with Crippen LogP contribution in [0, 0.1) is 17.8 Å². The molecule has 4 saturated carbocycles. The number of halogens is 1. The lowest BCUT2D eigenvalue weighted by atomic mass is 9.48. The summed E-state index contributed by atoms with van der Waals surface area (Å²) in [5, 5.41) is 3.08. The molecule has 0 aromatic heterocycles. The van der Waals surface area contributed by atoms with E-state index in [-0.39, 0.29) is 23.9 Å². The molecule has 3 aromatic carbocycles. The van der Waals surface area contributed by atoms with Crippen molar-refractivity contribution in [1.29, 1.82) is 0 Å². The summed E-state index contributed by atoms with van der Waals surface area (Å²) in [6, 6.07) is 24.3. The first-order valence-electron chi connectivity index (χ1n) is 17.4. The molecule has 4 aliphatic rings. The first kappa shape index (κ1) is 34.7. The number of rotatable bonds is 13. The second-order valence-electron chi connectivity index (χ2n) is 14.7. The van der Waals surface area contributed by atoms with Crippen LogP contribution < -0.4 is 9.62 Å². The van der Waals surface area contributed by atoms with E-state index in [1.807, 2.05) is 80.6 Å². The second kappa shape index (κ2) is 14.4. The van der Waals surface area contributed by atoms with E-state index in [0.29, 0.717) is 12.1 Å². The molecule has 0 aliphatic heterocycles. The fourth-order valence-electron chi connectivity index (χ4n) is 8.84. The summed E-state index contributed by atoms with van der Waals surface area (Å²) in [5.74, 6) is 1.72. The molecular formula is C39H48BrN3O4S. The second-order valence-corrected chi connectivity index (χ2v) is 17.5. The van der Waals surface area contributed by atoms with Gasteiger partial charge < -0.3 is 10.2 Å². The Balaban J connectivity index is 1.30. The quantitative estimate of drug-likeness (QED) is 0.201. The van der Waals surface area contributed by atoms with Gasteiger partial charge in [0.15, 0.2) is 0 Å². The Morgan fingerprint density at radius 1 is 0.875 bits per heavy atom. The zero-order valence-electron chi connectivity index (χ0n) is 28.3. The predicted molar refractivity (Wildman–Crippen MR) is 195 cm³/mol. The van der Waals surface area contributed by atoms with E-state index in [9.17, 15) is 18.0 Å². The topological polar surface area (TPSA) is 86.8 Å². The molecule has 7 rings (SSSR count). The molecule has 2 amide bonds. The minimum atomic E-state index is -3.83. The van der Waals surface area contributed by atoms with Gasteiger partial charge in [-0.25, -0.2) is 8.42 Å². The highest BCUT2D eigenvalue weighted by Crippen LogP contribution is 2.60. The van der Waals surface area contributed by atoms with Crippen LogP contribution in [0.5, 0.6) is 0 Å². The molecule has 0 saturated heterocycles. The summed E-state index contributed by atoms with van der Waals surface area (Å²) in [5.41, 5.74) is 3.70. The molecular weight excluding hydrogens is 686 g/mol. The maximum Gasteiger partial charge on any atom is 0.244 e. The third kappa shape index (κ3) is 7.83. The zero-order chi connectivity index (χ0) is 34.1. The van der Waals surface area contributed by atoms with Crippen LogP contribution in [0.4, 0.5) is 5.69 Å². The number of nitrogens with zero attached hydrogens (tertiary/aromatic N) is 2. The van der Waals surface area contributed by atoms with Gasteiger partial charge in [0, 0.05) is 23.5 Å². The summed E-state index contributed by atoms with van der Waals surface area (Å²) in [6.45, 7) is 3.69. The Bertz CT molecular complexity index is 1660. The van der Waals surface area contributed by atoms with E-state index in [1.165, 1.54) is 48.4 Å². The monoisotopic (exact) mass is 733 g/mol. The minimum Gasteiger partial charge on any atom is -0.352 e. The molecule has 2 atom stereocenters. The number of carbonyl (C=O) groups excluding carboxylic acids is 2. The first-order chi connectivity index (χ1) is 22.9. The Morgan fingerprint density at radius 3 is 2.00 bits per heavy atom. The van der Waals surface area contributed by atoms with Crippen molar-refractivity contribution in [2.24, 2.45) is 17.8 Å². The number of anilines is 1. The smallest absolute Gasteiger partial charge is 0.244 e. The summed E-state index contributed by atoms with van der Waals surface area (Å²) < 4.78 is 28.8. The van der Waals surface area contributed by atoms with Gasteiger partial charge in [0.1, 0.15) is 12.6 Å². The van der Waals surface area contributed by atoms with Gasteiger partial charge >= 0.3 is 0 Å².